The lowest BCUT2D eigenvalue weighted by Crippen LogP contribution is -2.11. The van der Waals surface area contributed by atoms with Crippen LogP contribution in [0.4, 0.5) is 5.69 Å². The summed E-state index contributed by atoms with van der Waals surface area (Å²) in [5.74, 6) is 0.0763. The molecule has 1 N–H and O–H groups in total. The van der Waals surface area contributed by atoms with Gasteiger partial charge >= 0.3 is 5.97 Å². The molecule has 0 aliphatic rings. The van der Waals surface area contributed by atoms with E-state index in [-0.39, 0.29) is 11.7 Å². The van der Waals surface area contributed by atoms with E-state index in [9.17, 15) is 9.59 Å². The minimum absolute atomic E-state index is 0.218. The summed E-state index contributed by atoms with van der Waals surface area (Å²) >= 11 is 0. The van der Waals surface area contributed by atoms with Crippen molar-refractivity contribution in [3.8, 4) is 11.3 Å². The minimum atomic E-state index is -0.424. The Kier molecular flexibility index (Phi) is 4.89. The number of carbonyl (C=O) groups is 2. The molecular weight excluding hydrogens is 330 g/mol. The maximum absolute atomic E-state index is 12.4. The van der Waals surface area contributed by atoms with Crippen LogP contribution in [0.1, 0.15) is 32.0 Å². The molecule has 2 aromatic carbocycles. The lowest BCUT2D eigenvalue weighted by molar-refractivity contribution is 0.0600. The average Bonchev–Trinajstić information content (AvgIpc) is 3.14. The Hall–Kier alpha value is -3.34. The van der Waals surface area contributed by atoms with Gasteiger partial charge in [0, 0.05) is 11.3 Å². The summed E-state index contributed by atoms with van der Waals surface area (Å²) in [4.78, 5) is 23.8. The van der Waals surface area contributed by atoms with Crippen LogP contribution in [0.2, 0.25) is 0 Å². The number of aryl methyl sites for hydroxylation is 2. The molecule has 0 spiro atoms. The normalized spacial score (nSPS) is 10.4. The van der Waals surface area contributed by atoms with Crippen LogP contribution in [0, 0.1) is 13.8 Å². The van der Waals surface area contributed by atoms with Gasteiger partial charge in [-0.2, -0.15) is 0 Å². The van der Waals surface area contributed by atoms with E-state index in [1.807, 2.05) is 32.0 Å². The largest absolute Gasteiger partial charge is 0.465 e. The molecular formula is C21H19NO4. The van der Waals surface area contributed by atoms with Crippen LogP contribution in [-0.2, 0) is 4.74 Å². The molecule has 0 atom stereocenters. The quantitative estimate of drug-likeness (QED) is 0.699. The van der Waals surface area contributed by atoms with Crippen LogP contribution in [0.3, 0.4) is 0 Å². The van der Waals surface area contributed by atoms with Gasteiger partial charge in [0.1, 0.15) is 5.76 Å². The van der Waals surface area contributed by atoms with Crippen molar-refractivity contribution in [2.24, 2.45) is 0 Å². The third-order valence-electron chi connectivity index (χ3n) is 4.19. The fourth-order valence-corrected chi connectivity index (χ4v) is 2.51. The minimum Gasteiger partial charge on any atom is -0.465 e. The number of amides is 1. The maximum Gasteiger partial charge on any atom is 0.337 e. The number of nitrogens with one attached hydrogen (secondary N) is 1. The van der Waals surface area contributed by atoms with Crippen LogP contribution < -0.4 is 5.32 Å². The molecule has 132 valence electrons. The second-order valence-electron chi connectivity index (χ2n) is 5.99. The summed E-state index contributed by atoms with van der Waals surface area (Å²) in [6.07, 6.45) is 0. The molecule has 1 heterocycles. The number of benzene rings is 2. The molecule has 0 unspecified atom stereocenters. The van der Waals surface area contributed by atoms with E-state index in [1.54, 1.807) is 36.4 Å². The number of hydrogen-bond donors (Lipinski definition) is 1. The zero-order valence-electron chi connectivity index (χ0n) is 14.8. The standard InChI is InChI=1S/C21H19NO4/c1-13-4-5-16(12-14(13)2)18-10-11-19(26-18)20(23)22-17-8-6-15(7-9-17)21(24)25-3/h4-12H,1-3H3,(H,22,23). The van der Waals surface area contributed by atoms with Crippen molar-refractivity contribution in [1.82, 2.24) is 0 Å². The zero-order valence-corrected chi connectivity index (χ0v) is 14.8. The van der Waals surface area contributed by atoms with Gasteiger partial charge in [0.15, 0.2) is 5.76 Å². The van der Waals surface area contributed by atoms with Crippen LogP contribution in [-0.4, -0.2) is 19.0 Å². The highest BCUT2D eigenvalue weighted by molar-refractivity contribution is 6.02. The van der Waals surface area contributed by atoms with Gasteiger partial charge < -0.3 is 14.5 Å². The number of ether oxygens (including phenoxy) is 1. The topological polar surface area (TPSA) is 68.5 Å². The number of anilines is 1. The van der Waals surface area contributed by atoms with Gasteiger partial charge in [0.2, 0.25) is 0 Å². The first kappa shape index (κ1) is 17.5. The molecule has 0 aliphatic carbocycles. The SMILES string of the molecule is COC(=O)c1ccc(NC(=O)c2ccc(-c3ccc(C)c(C)c3)o2)cc1. The molecule has 0 saturated heterocycles. The van der Waals surface area contributed by atoms with Crippen molar-refractivity contribution in [1.29, 1.82) is 0 Å². The predicted octanol–water partition coefficient (Wildman–Crippen LogP) is 4.60. The van der Waals surface area contributed by atoms with E-state index in [2.05, 4.69) is 10.1 Å². The van der Waals surface area contributed by atoms with E-state index in [1.165, 1.54) is 12.7 Å². The number of carbonyl (C=O) groups excluding carboxylic acids is 2. The third-order valence-corrected chi connectivity index (χ3v) is 4.19. The van der Waals surface area contributed by atoms with E-state index >= 15 is 0 Å². The Labute approximate surface area is 151 Å². The molecule has 1 aromatic heterocycles. The van der Waals surface area contributed by atoms with Crippen molar-refractivity contribution in [3.63, 3.8) is 0 Å². The summed E-state index contributed by atoms with van der Waals surface area (Å²) in [6.45, 7) is 4.08. The fourth-order valence-electron chi connectivity index (χ4n) is 2.51. The number of hydrogen-bond acceptors (Lipinski definition) is 4. The van der Waals surface area contributed by atoms with Crippen LogP contribution in [0.15, 0.2) is 59.0 Å². The van der Waals surface area contributed by atoms with Gasteiger partial charge in [-0.05, 0) is 67.4 Å². The van der Waals surface area contributed by atoms with Crippen molar-refractivity contribution in [2.45, 2.75) is 13.8 Å². The first-order chi connectivity index (χ1) is 12.5. The fraction of sp³-hybridized carbons (Fsp3) is 0.143. The van der Waals surface area contributed by atoms with Gasteiger partial charge in [-0.1, -0.05) is 12.1 Å². The molecule has 3 rings (SSSR count). The van der Waals surface area contributed by atoms with Crippen LogP contribution in [0.5, 0.6) is 0 Å². The van der Waals surface area contributed by atoms with Crippen molar-refractivity contribution in [2.75, 3.05) is 12.4 Å². The van der Waals surface area contributed by atoms with Gasteiger partial charge in [-0.25, -0.2) is 4.79 Å². The Bertz CT molecular complexity index is 954. The first-order valence-corrected chi connectivity index (χ1v) is 8.15. The Morgan fingerprint density at radius 2 is 1.65 bits per heavy atom. The summed E-state index contributed by atoms with van der Waals surface area (Å²) in [6, 6.07) is 15.9. The summed E-state index contributed by atoms with van der Waals surface area (Å²) in [5.41, 5.74) is 4.27. The molecule has 0 saturated carbocycles. The Morgan fingerprint density at radius 1 is 0.923 bits per heavy atom. The van der Waals surface area contributed by atoms with Crippen molar-refractivity contribution < 1.29 is 18.7 Å². The highest BCUT2D eigenvalue weighted by Gasteiger charge is 2.13. The van der Waals surface area contributed by atoms with Gasteiger partial charge in [-0.15, -0.1) is 0 Å². The molecule has 0 radical (unpaired) electrons. The monoisotopic (exact) mass is 349 g/mol. The predicted molar refractivity (Wildman–Crippen MR) is 99.4 cm³/mol. The number of rotatable bonds is 4. The zero-order chi connectivity index (χ0) is 18.7. The van der Waals surface area contributed by atoms with Gasteiger partial charge in [0.25, 0.3) is 5.91 Å². The summed E-state index contributed by atoms with van der Waals surface area (Å²) < 4.78 is 10.3. The van der Waals surface area contributed by atoms with Gasteiger partial charge in [-0.3, -0.25) is 4.79 Å². The van der Waals surface area contributed by atoms with E-state index < -0.39 is 5.97 Å². The summed E-state index contributed by atoms with van der Waals surface area (Å²) in [5, 5.41) is 2.74. The molecule has 26 heavy (non-hydrogen) atoms. The van der Waals surface area contributed by atoms with E-state index in [0.717, 1.165) is 11.1 Å². The molecule has 0 aliphatic heterocycles. The van der Waals surface area contributed by atoms with Gasteiger partial charge in [0.05, 0.1) is 12.7 Å². The number of furan rings is 1. The molecule has 5 nitrogen and oxygen atoms in total. The molecule has 0 bridgehead atoms. The van der Waals surface area contributed by atoms with E-state index in [0.29, 0.717) is 17.0 Å². The molecule has 1 amide bonds. The average molecular weight is 349 g/mol. The van der Waals surface area contributed by atoms with Crippen LogP contribution in [0.25, 0.3) is 11.3 Å². The van der Waals surface area contributed by atoms with Crippen LogP contribution >= 0.6 is 0 Å². The maximum atomic E-state index is 12.4. The Morgan fingerprint density at radius 3 is 2.31 bits per heavy atom. The molecule has 5 heteroatoms. The second-order valence-corrected chi connectivity index (χ2v) is 5.99. The molecule has 0 fully saturated rings. The highest BCUT2D eigenvalue weighted by Crippen LogP contribution is 2.25. The third kappa shape index (κ3) is 3.67. The molecule has 3 aromatic rings. The Balaban J connectivity index is 1.73. The smallest absolute Gasteiger partial charge is 0.337 e. The number of methoxy groups -OCH3 is 1. The lowest BCUT2D eigenvalue weighted by atomic mass is 10.1. The highest BCUT2D eigenvalue weighted by atomic mass is 16.5. The lowest BCUT2D eigenvalue weighted by Gasteiger charge is -2.05. The van der Waals surface area contributed by atoms with E-state index in [4.69, 9.17) is 4.42 Å². The second kappa shape index (κ2) is 7.27. The summed E-state index contributed by atoms with van der Waals surface area (Å²) in [7, 11) is 1.32. The van der Waals surface area contributed by atoms with Crippen molar-refractivity contribution in [3.05, 3.63) is 77.0 Å². The first-order valence-electron chi connectivity index (χ1n) is 8.15. The number of esters is 1. The van der Waals surface area contributed by atoms with Crippen molar-refractivity contribution >= 4 is 17.6 Å².